The van der Waals surface area contributed by atoms with Crippen molar-refractivity contribution in [2.45, 2.75) is 39.3 Å². The van der Waals surface area contributed by atoms with E-state index in [-0.39, 0.29) is 19.3 Å². The summed E-state index contributed by atoms with van der Waals surface area (Å²) >= 11 is 0. The van der Waals surface area contributed by atoms with Crippen molar-refractivity contribution in [3.05, 3.63) is 29.3 Å². The van der Waals surface area contributed by atoms with Gasteiger partial charge in [0.25, 0.3) is 0 Å². The number of benzene rings is 1. The highest BCUT2D eigenvalue weighted by molar-refractivity contribution is 5.32. The van der Waals surface area contributed by atoms with Gasteiger partial charge in [-0.15, -0.1) is 0 Å². The predicted molar refractivity (Wildman–Crippen MR) is 76.6 cm³/mol. The number of aryl methyl sites for hydroxylation is 2. The summed E-state index contributed by atoms with van der Waals surface area (Å²) in [4.78, 5) is 0. The fourth-order valence-corrected chi connectivity index (χ4v) is 1.91. The lowest BCUT2D eigenvalue weighted by Gasteiger charge is -2.18. The fraction of sp³-hybridized carbons (Fsp3) is 0.600. The number of nitrogens with one attached hydrogen (secondary N) is 1. The molecular weight excluding hydrogens is 242 g/mol. The van der Waals surface area contributed by atoms with E-state index in [9.17, 15) is 5.11 Å². The van der Waals surface area contributed by atoms with Gasteiger partial charge in [0, 0.05) is 12.6 Å². The first-order valence-corrected chi connectivity index (χ1v) is 6.78. The van der Waals surface area contributed by atoms with Gasteiger partial charge in [-0.3, -0.25) is 0 Å². The fourth-order valence-electron chi connectivity index (χ4n) is 1.91. The molecule has 0 bridgehead atoms. The average molecular weight is 267 g/mol. The van der Waals surface area contributed by atoms with Crippen LogP contribution in [0.4, 0.5) is 0 Å². The van der Waals surface area contributed by atoms with E-state index in [1.54, 1.807) is 0 Å². The smallest absolute Gasteiger partial charge is 0.119 e. The van der Waals surface area contributed by atoms with E-state index < -0.39 is 6.10 Å². The summed E-state index contributed by atoms with van der Waals surface area (Å²) in [6, 6.07) is 6.03. The van der Waals surface area contributed by atoms with Gasteiger partial charge < -0.3 is 20.3 Å². The molecule has 108 valence electrons. The highest BCUT2D eigenvalue weighted by Crippen LogP contribution is 2.16. The van der Waals surface area contributed by atoms with Gasteiger partial charge in [-0.25, -0.2) is 0 Å². The van der Waals surface area contributed by atoms with Crippen LogP contribution in [-0.2, 0) is 0 Å². The van der Waals surface area contributed by atoms with Crippen LogP contribution in [0.5, 0.6) is 5.75 Å². The van der Waals surface area contributed by atoms with Gasteiger partial charge in [-0.1, -0.05) is 13.0 Å². The van der Waals surface area contributed by atoms with Gasteiger partial charge in [0.05, 0.1) is 6.61 Å². The Kier molecular flexibility index (Phi) is 6.84. The topological polar surface area (TPSA) is 61.7 Å². The molecule has 0 aliphatic rings. The minimum Gasteiger partial charge on any atom is -0.491 e. The first-order chi connectivity index (χ1) is 9.05. The second kappa shape index (κ2) is 8.15. The standard InChI is InChI=1S/C15H25NO3/c1-4-13(9-17)16-8-14(18)10-19-15-6-11(2)5-12(3)7-15/h5-7,13-14,16-18H,4,8-10H2,1-3H3. The van der Waals surface area contributed by atoms with Crippen molar-refractivity contribution < 1.29 is 14.9 Å². The van der Waals surface area contributed by atoms with E-state index in [1.807, 2.05) is 32.9 Å². The number of ether oxygens (including phenoxy) is 1. The molecule has 4 nitrogen and oxygen atoms in total. The minimum atomic E-state index is -0.582. The minimum absolute atomic E-state index is 0.0378. The average Bonchev–Trinajstić information content (AvgIpc) is 2.36. The molecule has 1 aromatic carbocycles. The summed E-state index contributed by atoms with van der Waals surface area (Å²) in [5, 5.41) is 22.0. The lowest BCUT2D eigenvalue weighted by Crippen LogP contribution is -2.39. The number of aliphatic hydroxyl groups excluding tert-OH is 2. The van der Waals surface area contributed by atoms with Crippen LogP contribution in [0.25, 0.3) is 0 Å². The maximum Gasteiger partial charge on any atom is 0.119 e. The largest absolute Gasteiger partial charge is 0.491 e. The van der Waals surface area contributed by atoms with Crippen molar-refractivity contribution in [1.82, 2.24) is 5.32 Å². The Morgan fingerprint density at radius 2 is 1.84 bits per heavy atom. The van der Waals surface area contributed by atoms with Gasteiger partial charge in [-0.2, -0.15) is 0 Å². The first-order valence-electron chi connectivity index (χ1n) is 6.78. The van der Waals surface area contributed by atoms with E-state index in [2.05, 4.69) is 11.4 Å². The Balaban J connectivity index is 2.35. The summed E-state index contributed by atoms with van der Waals surface area (Å²) in [6.07, 6.45) is 0.252. The third-order valence-electron chi connectivity index (χ3n) is 2.99. The molecule has 0 radical (unpaired) electrons. The van der Waals surface area contributed by atoms with Crippen LogP contribution in [0.1, 0.15) is 24.5 Å². The van der Waals surface area contributed by atoms with Crippen molar-refractivity contribution >= 4 is 0 Å². The van der Waals surface area contributed by atoms with Crippen molar-refractivity contribution in [3.8, 4) is 5.75 Å². The van der Waals surface area contributed by atoms with Gasteiger partial charge in [-0.05, 0) is 43.5 Å². The Labute approximate surface area is 115 Å². The van der Waals surface area contributed by atoms with E-state index in [0.717, 1.165) is 23.3 Å². The van der Waals surface area contributed by atoms with E-state index >= 15 is 0 Å². The Morgan fingerprint density at radius 1 is 1.21 bits per heavy atom. The first kappa shape index (κ1) is 16.0. The second-order valence-electron chi connectivity index (χ2n) is 4.98. The van der Waals surface area contributed by atoms with E-state index in [0.29, 0.717) is 6.54 Å². The third kappa shape index (κ3) is 6.05. The second-order valence-corrected chi connectivity index (χ2v) is 4.98. The zero-order valence-corrected chi connectivity index (χ0v) is 12.0. The van der Waals surface area contributed by atoms with Gasteiger partial charge >= 0.3 is 0 Å². The van der Waals surface area contributed by atoms with Crippen molar-refractivity contribution in [2.24, 2.45) is 0 Å². The molecule has 1 rings (SSSR count). The number of hydrogen-bond donors (Lipinski definition) is 3. The summed E-state index contributed by atoms with van der Waals surface area (Å²) < 4.78 is 5.58. The molecule has 4 heteroatoms. The molecule has 0 aromatic heterocycles. The maximum atomic E-state index is 9.82. The molecule has 1 aromatic rings. The van der Waals surface area contributed by atoms with Gasteiger partial charge in [0.1, 0.15) is 18.5 Å². The van der Waals surface area contributed by atoms with Gasteiger partial charge in [0.2, 0.25) is 0 Å². The Morgan fingerprint density at radius 3 is 2.37 bits per heavy atom. The monoisotopic (exact) mass is 267 g/mol. The van der Waals surface area contributed by atoms with Crippen LogP contribution in [-0.4, -0.2) is 42.1 Å². The molecule has 0 spiro atoms. The van der Waals surface area contributed by atoms with Crippen molar-refractivity contribution in [2.75, 3.05) is 19.8 Å². The summed E-state index contributed by atoms with van der Waals surface area (Å²) in [6.45, 7) is 6.78. The third-order valence-corrected chi connectivity index (χ3v) is 2.99. The molecule has 0 aliphatic heterocycles. The summed E-state index contributed by atoms with van der Waals surface area (Å²) in [7, 11) is 0. The number of aliphatic hydroxyl groups is 2. The molecule has 0 heterocycles. The number of hydrogen-bond acceptors (Lipinski definition) is 4. The van der Waals surface area contributed by atoms with E-state index in [1.165, 1.54) is 0 Å². The predicted octanol–water partition coefficient (Wildman–Crippen LogP) is 1.40. The molecule has 0 fully saturated rings. The van der Waals surface area contributed by atoms with Crippen LogP contribution in [0.3, 0.4) is 0 Å². The molecule has 19 heavy (non-hydrogen) atoms. The molecular formula is C15H25NO3. The molecule has 2 unspecified atom stereocenters. The zero-order chi connectivity index (χ0) is 14.3. The van der Waals surface area contributed by atoms with Crippen LogP contribution in [0.2, 0.25) is 0 Å². The highest BCUT2D eigenvalue weighted by Gasteiger charge is 2.09. The molecule has 3 N–H and O–H groups in total. The summed E-state index contributed by atoms with van der Waals surface area (Å²) in [5.74, 6) is 0.783. The van der Waals surface area contributed by atoms with Crippen LogP contribution < -0.4 is 10.1 Å². The number of rotatable bonds is 8. The summed E-state index contributed by atoms with van der Waals surface area (Å²) in [5.41, 5.74) is 2.29. The Bertz CT molecular complexity index is 357. The van der Waals surface area contributed by atoms with Crippen LogP contribution in [0.15, 0.2) is 18.2 Å². The maximum absolute atomic E-state index is 9.82. The molecule has 0 aliphatic carbocycles. The lowest BCUT2D eigenvalue weighted by molar-refractivity contribution is 0.0994. The molecule has 2 atom stereocenters. The lowest BCUT2D eigenvalue weighted by atomic mass is 10.1. The van der Waals surface area contributed by atoms with Crippen molar-refractivity contribution in [3.63, 3.8) is 0 Å². The SMILES string of the molecule is CCC(CO)NCC(O)COc1cc(C)cc(C)c1. The van der Waals surface area contributed by atoms with Gasteiger partial charge in [0.15, 0.2) is 0 Å². The molecule has 0 saturated heterocycles. The normalized spacial score (nSPS) is 14.2. The quantitative estimate of drug-likeness (QED) is 0.666. The van der Waals surface area contributed by atoms with Crippen LogP contribution in [0, 0.1) is 13.8 Å². The zero-order valence-electron chi connectivity index (χ0n) is 12.0. The van der Waals surface area contributed by atoms with Crippen LogP contribution >= 0.6 is 0 Å². The van der Waals surface area contributed by atoms with Crippen molar-refractivity contribution in [1.29, 1.82) is 0 Å². The molecule has 0 amide bonds. The molecule has 0 saturated carbocycles. The Hall–Kier alpha value is -1.10. The van der Waals surface area contributed by atoms with E-state index in [4.69, 9.17) is 9.84 Å². The highest BCUT2D eigenvalue weighted by atomic mass is 16.5.